The summed E-state index contributed by atoms with van der Waals surface area (Å²) in [7, 11) is 4.54. The minimum absolute atomic E-state index is 0.147. The molecule has 33 heavy (non-hydrogen) atoms. The van der Waals surface area contributed by atoms with E-state index in [1.807, 2.05) is 36.1 Å². The zero-order valence-electron chi connectivity index (χ0n) is 19.9. The third-order valence-electron chi connectivity index (χ3n) is 5.71. The Kier molecular flexibility index (Phi) is 8.79. The molecule has 0 saturated carbocycles. The van der Waals surface area contributed by atoms with E-state index in [4.69, 9.17) is 29.4 Å². The normalized spacial score (nSPS) is 14.2. The lowest BCUT2D eigenvalue weighted by atomic mass is 10.0. The van der Waals surface area contributed by atoms with Crippen LogP contribution in [0.1, 0.15) is 35.7 Å². The van der Waals surface area contributed by atoms with Gasteiger partial charge in [-0.25, -0.2) is 0 Å². The maximum Gasteiger partial charge on any atom is 0.257 e. The van der Waals surface area contributed by atoms with Gasteiger partial charge in [0.1, 0.15) is 5.75 Å². The summed E-state index contributed by atoms with van der Waals surface area (Å²) in [6.07, 6.45) is 2.58. The van der Waals surface area contributed by atoms with Crippen LogP contribution in [0.4, 0.5) is 0 Å². The average Bonchev–Trinajstić information content (AvgIpc) is 2.84. The second kappa shape index (κ2) is 11.8. The lowest BCUT2D eigenvalue weighted by molar-refractivity contribution is 0.0145. The summed E-state index contributed by atoms with van der Waals surface area (Å²) in [6.45, 7) is 4.46. The van der Waals surface area contributed by atoms with Crippen LogP contribution >= 0.6 is 0 Å². The van der Waals surface area contributed by atoms with E-state index in [-0.39, 0.29) is 12.0 Å². The van der Waals surface area contributed by atoms with Gasteiger partial charge in [-0.2, -0.15) is 0 Å². The van der Waals surface area contributed by atoms with Crippen molar-refractivity contribution < 1.29 is 28.5 Å². The third-order valence-corrected chi connectivity index (χ3v) is 5.71. The fraction of sp³-hybridized carbons (Fsp3) is 0.480. The molecule has 1 aliphatic rings. The largest absolute Gasteiger partial charge is 0.492 e. The first kappa shape index (κ1) is 24.7. The SMILES string of the molecule is CCOC1CCN(C(=O)c2cc(Oc3ccc(CCN)cc3)c(OC)c(OC)c2OC)CC1. The molecule has 3 rings (SSSR count). The van der Waals surface area contributed by atoms with Crippen LogP contribution in [-0.2, 0) is 11.2 Å². The van der Waals surface area contributed by atoms with E-state index in [0.717, 1.165) is 24.8 Å². The van der Waals surface area contributed by atoms with Crippen molar-refractivity contribution in [2.75, 3.05) is 47.6 Å². The number of amides is 1. The van der Waals surface area contributed by atoms with Gasteiger partial charge in [0.2, 0.25) is 11.5 Å². The highest BCUT2D eigenvalue weighted by Gasteiger charge is 2.30. The highest BCUT2D eigenvalue weighted by molar-refractivity contribution is 5.99. The fourth-order valence-corrected chi connectivity index (χ4v) is 4.06. The van der Waals surface area contributed by atoms with Gasteiger partial charge in [-0.1, -0.05) is 12.1 Å². The monoisotopic (exact) mass is 458 g/mol. The summed E-state index contributed by atoms with van der Waals surface area (Å²) in [5.74, 6) is 1.81. The minimum atomic E-state index is -0.147. The van der Waals surface area contributed by atoms with Gasteiger partial charge in [-0.05, 0) is 50.4 Å². The number of ether oxygens (including phenoxy) is 5. The van der Waals surface area contributed by atoms with E-state index in [1.54, 1.807) is 6.07 Å². The number of piperidine rings is 1. The van der Waals surface area contributed by atoms with Gasteiger partial charge in [0, 0.05) is 25.8 Å². The molecule has 0 bridgehead atoms. The number of carbonyl (C=O) groups is 1. The smallest absolute Gasteiger partial charge is 0.257 e. The summed E-state index contributed by atoms with van der Waals surface area (Å²) in [4.78, 5) is 15.3. The summed E-state index contributed by atoms with van der Waals surface area (Å²) in [5, 5.41) is 0. The predicted molar refractivity (Wildman–Crippen MR) is 126 cm³/mol. The zero-order chi connectivity index (χ0) is 23.8. The van der Waals surface area contributed by atoms with E-state index in [1.165, 1.54) is 21.3 Å². The molecular formula is C25H34N2O6. The highest BCUT2D eigenvalue weighted by Crippen LogP contribution is 2.48. The Morgan fingerprint density at radius 3 is 2.18 bits per heavy atom. The first-order chi connectivity index (χ1) is 16.1. The Hall–Kier alpha value is -2.97. The minimum Gasteiger partial charge on any atom is -0.492 e. The molecule has 8 heteroatoms. The van der Waals surface area contributed by atoms with Gasteiger partial charge in [0.15, 0.2) is 11.5 Å². The Balaban J connectivity index is 1.93. The molecule has 1 aliphatic heterocycles. The maximum absolute atomic E-state index is 13.5. The lowest BCUT2D eigenvalue weighted by Gasteiger charge is -2.32. The first-order valence-corrected chi connectivity index (χ1v) is 11.3. The van der Waals surface area contributed by atoms with Crippen LogP contribution in [0.3, 0.4) is 0 Å². The molecule has 0 atom stereocenters. The Labute approximate surface area is 195 Å². The number of carbonyl (C=O) groups excluding carboxylic acids is 1. The molecule has 0 radical (unpaired) electrons. The van der Waals surface area contributed by atoms with Crippen molar-refractivity contribution in [1.29, 1.82) is 0 Å². The average molecular weight is 459 g/mol. The van der Waals surface area contributed by atoms with E-state index < -0.39 is 0 Å². The second-order valence-corrected chi connectivity index (χ2v) is 7.75. The van der Waals surface area contributed by atoms with Gasteiger partial charge in [0.05, 0.1) is 33.0 Å². The number of nitrogens with zero attached hydrogens (tertiary/aromatic N) is 1. The highest BCUT2D eigenvalue weighted by atomic mass is 16.5. The van der Waals surface area contributed by atoms with Crippen LogP contribution in [0, 0.1) is 0 Å². The fourth-order valence-electron chi connectivity index (χ4n) is 4.06. The molecule has 2 aromatic rings. The zero-order valence-corrected chi connectivity index (χ0v) is 19.9. The van der Waals surface area contributed by atoms with E-state index >= 15 is 0 Å². The molecule has 0 spiro atoms. The summed E-state index contributed by atoms with van der Waals surface area (Å²) >= 11 is 0. The van der Waals surface area contributed by atoms with E-state index in [2.05, 4.69) is 0 Å². The molecule has 1 fully saturated rings. The summed E-state index contributed by atoms with van der Waals surface area (Å²) < 4.78 is 28.6. The molecule has 8 nitrogen and oxygen atoms in total. The molecule has 1 heterocycles. The van der Waals surface area contributed by atoms with Crippen molar-refractivity contribution >= 4 is 5.91 Å². The van der Waals surface area contributed by atoms with Crippen LogP contribution in [0.2, 0.25) is 0 Å². The Morgan fingerprint density at radius 2 is 1.64 bits per heavy atom. The summed E-state index contributed by atoms with van der Waals surface area (Å²) in [6, 6.07) is 9.31. The van der Waals surface area contributed by atoms with Crippen LogP contribution in [0.25, 0.3) is 0 Å². The van der Waals surface area contributed by atoms with E-state index in [9.17, 15) is 4.79 Å². The molecule has 0 aromatic heterocycles. The maximum atomic E-state index is 13.5. The number of nitrogens with two attached hydrogens (primary N) is 1. The molecule has 1 amide bonds. The Morgan fingerprint density at radius 1 is 1.00 bits per heavy atom. The summed E-state index contributed by atoms with van der Waals surface area (Å²) in [5.41, 5.74) is 7.11. The second-order valence-electron chi connectivity index (χ2n) is 7.75. The standard InChI is InChI=1S/C25H34N2O6/c1-5-32-18-11-14-27(15-12-18)25(28)20-16-21(23(30-3)24(31-4)22(20)29-2)33-19-8-6-17(7-9-19)10-13-26/h6-9,16,18H,5,10-15,26H2,1-4H3. The van der Waals surface area contributed by atoms with Crippen LogP contribution < -0.4 is 24.7 Å². The van der Waals surface area contributed by atoms with Crippen molar-refractivity contribution in [2.24, 2.45) is 5.73 Å². The van der Waals surface area contributed by atoms with Crippen molar-refractivity contribution in [3.05, 3.63) is 41.5 Å². The third kappa shape index (κ3) is 5.69. The van der Waals surface area contributed by atoms with Crippen LogP contribution in [0.15, 0.2) is 30.3 Å². The lowest BCUT2D eigenvalue weighted by Crippen LogP contribution is -2.41. The number of benzene rings is 2. The van der Waals surface area contributed by atoms with Gasteiger partial charge >= 0.3 is 0 Å². The van der Waals surface area contributed by atoms with Crippen LogP contribution in [-0.4, -0.2) is 64.5 Å². The van der Waals surface area contributed by atoms with E-state index in [0.29, 0.717) is 60.6 Å². The van der Waals surface area contributed by atoms with Gasteiger partial charge < -0.3 is 34.3 Å². The quantitative estimate of drug-likeness (QED) is 0.581. The molecule has 0 unspecified atom stereocenters. The number of hydrogen-bond acceptors (Lipinski definition) is 7. The molecule has 1 saturated heterocycles. The number of likely N-dealkylation sites (tertiary alicyclic amines) is 1. The van der Waals surface area contributed by atoms with Gasteiger partial charge in [-0.3, -0.25) is 4.79 Å². The molecule has 0 aliphatic carbocycles. The number of methoxy groups -OCH3 is 3. The van der Waals surface area contributed by atoms with Crippen molar-refractivity contribution in [3.63, 3.8) is 0 Å². The molecular weight excluding hydrogens is 424 g/mol. The van der Waals surface area contributed by atoms with Crippen molar-refractivity contribution in [3.8, 4) is 28.7 Å². The molecule has 180 valence electrons. The van der Waals surface area contributed by atoms with Gasteiger partial charge in [0.25, 0.3) is 5.91 Å². The topological polar surface area (TPSA) is 92.5 Å². The van der Waals surface area contributed by atoms with Crippen molar-refractivity contribution in [2.45, 2.75) is 32.3 Å². The molecule has 2 N–H and O–H groups in total. The Bertz CT molecular complexity index is 923. The number of hydrogen-bond donors (Lipinski definition) is 1. The van der Waals surface area contributed by atoms with Gasteiger partial charge in [-0.15, -0.1) is 0 Å². The predicted octanol–water partition coefficient (Wildman–Crippen LogP) is 3.65. The van der Waals surface area contributed by atoms with Crippen molar-refractivity contribution in [1.82, 2.24) is 4.90 Å². The van der Waals surface area contributed by atoms with Crippen LogP contribution in [0.5, 0.6) is 28.7 Å². The first-order valence-electron chi connectivity index (χ1n) is 11.3. The number of rotatable bonds is 10. The molecule has 2 aromatic carbocycles.